The molecule has 1 aliphatic rings. The molecule has 1 saturated heterocycles. The average Bonchev–Trinajstić information content (AvgIpc) is 2.20. The first-order valence-electron chi connectivity index (χ1n) is 6.91. The van der Waals surface area contributed by atoms with Gasteiger partial charge in [-0.05, 0) is 33.6 Å². The number of piperazine rings is 1. The Morgan fingerprint density at radius 3 is 2.39 bits per heavy atom. The van der Waals surface area contributed by atoms with Gasteiger partial charge in [-0.1, -0.05) is 13.8 Å². The van der Waals surface area contributed by atoms with Gasteiger partial charge in [0.25, 0.3) is 0 Å². The molecule has 106 valence electrons. The van der Waals surface area contributed by atoms with E-state index in [0.717, 1.165) is 26.2 Å². The summed E-state index contributed by atoms with van der Waals surface area (Å²) in [5.74, 6) is 0.531. The van der Waals surface area contributed by atoms with Crippen molar-refractivity contribution in [1.82, 2.24) is 9.96 Å². The van der Waals surface area contributed by atoms with E-state index in [1.54, 1.807) is 0 Å². The molecule has 1 fully saturated rings. The van der Waals surface area contributed by atoms with E-state index >= 15 is 0 Å². The molecule has 18 heavy (non-hydrogen) atoms. The lowest BCUT2D eigenvalue weighted by Gasteiger charge is -2.39. The van der Waals surface area contributed by atoms with Gasteiger partial charge in [-0.15, -0.1) is 5.06 Å². The van der Waals surface area contributed by atoms with Crippen LogP contribution in [0.15, 0.2) is 0 Å². The molecule has 0 saturated carbocycles. The van der Waals surface area contributed by atoms with Crippen LogP contribution in [-0.4, -0.2) is 48.2 Å². The maximum atomic E-state index is 11.8. The van der Waals surface area contributed by atoms with Gasteiger partial charge in [0.15, 0.2) is 0 Å². The first-order valence-corrected chi connectivity index (χ1v) is 6.91. The molecule has 1 aliphatic heterocycles. The molecule has 1 atom stereocenters. The summed E-state index contributed by atoms with van der Waals surface area (Å²) in [6, 6.07) is 0.439. The number of carbonyl (C=O) groups is 1. The smallest absolute Gasteiger partial charge is 0.330 e. The van der Waals surface area contributed by atoms with E-state index in [9.17, 15) is 4.79 Å². The summed E-state index contributed by atoms with van der Waals surface area (Å²) in [4.78, 5) is 19.7. The number of rotatable bonds is 3. The number of nitrogens with zero attached hydrogens (tertiary/aromatic N) is 2. The van der Waals surface area contributed by atoms with Crippen LogP contribution in [-0.2, 0) is 9.63 Å². The lowest BCUT2D eigenvalue weighted by atomic mass is 9.98. The SMILES string of the molecule is CC(C)CN1CCN(OC(=O)C(C)(C)C)C[C@@H]1C. The Morgan fingerprint density at radius 2 is 1.94 bits per heavy atom. The Hall–Kier alpha value is -0.610. The summed E-state index contributed by atoms with van der Waals surface area (Å²) in [5.41, 5.74) is -0.432. The predicted octanol–water partition coefficient (Wildman–Crippen LogP) is 2.15. The first-order chi connectivity index (χ1) is 8.20. The third kappa shape index (κ3) is 4.58. The van der Waals surface area contributed by atoms with Crippen LogP contribution < -0.4 is 0 Å². The molecule has 0 aromatic carbocycles. The van der Waals surface area contributed by atoms with Gasteiger partial charge in [0.05, 0.1) is 12.0 Å². The van der Waals surface area contributed by atoms with Crippen molar-refractivity contribution < 1.29 is 9.63 Å². The van der Waals surface area contributed by atoms with E-state index in [-0.39, 0.29) is 5.97 Å². The first kappa shape index (κ1) is 15.4. The van der Waals surface area contributed by atoms with E-state index in [0.29, 0.717) is 12.0 Å². The lowest BCUT2D eigenvalue weighted by Crippen LogP contribution is -2.53. The minimum atomic E-state index is -0.432. The van der Waals surface area contributed by atoms with Crippen LogP contribution in [0, 0.1) is 11.3 Å². The molecule has 0 aromatic heterocycles. The Balaban J connectivity index is 2.44. The number of hydrogen-bond donors (Lipinski definition) is 0. The fourth-order valence-corrected chi connectivity index (χ4v) is 2.04. The van der Waals surface area contributed by atoms with E-state index in [1.807, 2.05) is 25.8 Å². The number of hydroxylamine groups is 2. The van der Waals surface area contributed by atoms with Crippen molar-refractivity contribution in [2.24, 2.45) is 11.3 Å². The number of hydrogen-bond acceptors (Lipinski definition) is 4. The quantitative estimate of drug-likeness (QED) is 0.774. The third-order valence-electron chi connectivity index (χ3n) is 3.15. The Bertz CT molecular complexity index is 284. The highest BCUT2D eigenvalue weighted by molar-refractivity contribution is 5.75. The van der Waals surface area contributed by atoms with Crippen LogP contribution in [0.25, 0.3) is 0 Å². The second kappa shape index (κ2) is 6.02. The zero-order chi connectivity index (χ0) is 13.9. The van der Waals surface area contributed by atoms with E-state index < -0.39 is 5.41 Å². The molecular weight excluding hydrogens is 228 g/mol. The van der Waals surface area contributed by atoms with Gasteiger partial charge in [0.2, 0.25) is 0 Å². The van der Waals surface area contributed by atoms with Crippen LogP contribution in [0.3, 0.4) is 0 Å². The molecule has 0 bridgehead atoms. The van der Waals surface area contributed by atoms with Gasteiger partial charge >= 0.3 is 5.97 Å². The highest BCUT2D eigenvalue weighted by Gasteiger charge is 2.30. The highest BCUT2D eigenvalue weighted by Crippen LogP contribution is 2.18. The average molecular weight is 256 g/mol. The molecule has 0 aromatic rings. The second-order valence-electron chi connectivity index (χ2n) is 6.75. The minimum Gasteiger partial charge on any atom is -0.367 e. The normalized spacial score (nSPS) is 23.4. The van der Waals surface area contributed by atoms with Crippen molar-refractivity contribution in [2.75, 3.05) is 26.2 Å². The van der Waals surface area contributed by atoms with Crippen LogP contribution in [0.2, 0.25) is 0 Å². The van der Waals surface area contributed by atoms with Crippen LogP contribution in [0.5, 0.6) is 0 Å². The molecule has 0 unspecified atom stereocenters. The van der Waals surface area contributed by atoms with Gasteiger partial charge in [-0.25, -0.2) is 4.79 Å². The maximum Gasteiger partial charge on any atom is 0.330 e. The van der Waals surface area contributed by atoms with E-state index in [4.69, 9.17) is 4.84 Å². The van der Waals surface area contributed by atoms with Crippen molar-refractivity contribution in [1.29, 1.82) is 0 Å². The molecule has 4 nitrogen and oxygen atoms in total. The second-order valence-corrected chi connectivity index (χ2v) is 6.75. The fourth-order valence-electron chi connectivity index (χ4n) is 2.04. The molecule has 0 aliphatic carbocycles. The van der Waals surface area contributed by atoms with Gasteiger partial charge in [0.1, 0.15) is 0 Å². The van der Waals surface area contributed by atoms with Crippen LogP contribution >= 0.6 is 0 Å². The monoisotopic (exact) mass is 256 g/mol. The molecule has 4 heteroatoms. The largest absolute Gasteiger partial charge is 0.367 e. The van der Waals surface area contributed by atoms with Gasteiger partial charge in [0, 0.05) is 25.7 Å². The van der Waals surface area contributed by atoms with Gasteiger partial charge < -0.3 is 4.84 Å². The molecule has 0 radical (unpaired) electrons. The van der Waals surface area contributed by atoms with E-state index in [1.165, 1.54) is 0 Å². The zero-order valence-corrected chi connectivity index (χ0v) is 12.7. The standard InChI is InChI=1S/C14H28N2O2/c1-11(2)9-15-7-8-16(10-12(15)3)18-13(17)14(4,5)6/h11-12H,7-10H2,1-6H3/t12-/m0/s1. The van der Waals surface area contributed by atoms with Gasteiger partial charge in [-0.2, -0.15) is 0 Å². The topological polar surface area (TPSA) is 32.8 Å². The number of carbonyl (C=O) groups excluding carboxylic acids is 1. The molecule has 0 N–H and O–H groups in total. The Labute approximate surface area is 111 Å². The minimum absolute atomic E-state index is 0.146. The summed E-state index contributed by atoms with van der Waals surface area (Å²) in [6.45, 7) is 16.0. The fraction of sp³-hybridized carbons (Fsp3) is 0.929. The maximum absolute atomic E-state index is 11.8. The molecule has 0 spiro atoms. The highest BCUT2D eigenvalue weighted by atomic mass is 16.7. The molecule has 1 rings (SSSR count). The third-order valence-corrected chi connectivity index (χ3v) is 3.15. The molecule has 0 amide bonds. The predicted molar refractivity (Wildman–Crippen MR) is 73.0 cm³/mol. The van der Waals surface area contributed by atoms with E-state index in [2.05, 4.69) is 25.7 Å². The molecule has 1 heterocycles. The summed E-state index contributed by atoms with van der Waals surface area (Å²) >= 11 is 0. The summed E-state index contributed by atoms with van der Waals surface area (Å²) in [6.07, 6.45) is 0. The summed E-state index contributed by atoms with van der Waals surface area (Å²) in [7, 11) is 0. The van der Waals surface area contributed by atoms with Crippen molar-refractivity contribution in [3.63, 3.8) is 0 Å². The summed E-state index contributed by atoms with van der Waals surface area (Å²) in [5, 5.41) is 1.81. The summed E-state index contributed by atoms with van der Waals surface area (Å²) < 4.78 is 0. The Morgan fingerprint density at radius 1 is 1.33 bits per heavy atom. The van der Waals surface area contributed by atoms with Crippen molar-refractivity contribution in [2.45, 2.75) is 47.6 Å². The zero-order valence-electron chi connectivity index (χ0n) is 12.7. The van der Waals surface area contributed by atoms with Crippen molar-refractivity contribution >= 4 is 5.97 Å². The lowest BCUT2D eigenvalue weighted by molar-refractivity contribution is -0.211. The van der Waals surface area contributed by atoms with Crippen molar-refractivity contribution in [3.05, 3.63) is 0 Å². The van der Waals surface area contributed by atoms with Gasteiger partial charge in [-0.3, -0.25) is 4.90 Å². The van der Waals surface area contributed by atoms with Crippen LogP contribution in [0.4, 0.5) is 0 Å². The van der Waals surface area contributed by atoms with Crippen LogP contribution in [0.1, 0.15) is 41.5 Å². The molecular formula is C14H28N2O2. The van der Waals surface area contributed by atoms with Crippen molar-refractivity contribution in [3.8, 4) is 0 Å². The Kier molecular flexibility index (Phi) is 5.17.